The zero-order valence-corrected chi connectivity index (χ0v) is 11.2. The Hall–Kier alpha value is -1.59. The van der Waals surface area contributed by atoms with Gasteiger partial charge in [0, 0.05) is 30.6 Å². The minimum atomic E-state index is -0.648. The highest BCUT2D eigenvalue weighted by molar-refractivity contribution is 6.30. The van der Waals surface area contributed by atoms with E-state index in [0.29, 0.717) is 10.7 Å². The van der Waals surface area contributed by atoms with Gasteiger partial charge in [-0.25, -0.2) is 0 Å². The molecule has 0 saturated carbocycles. The van der Waals surface area contributed by atoms with Gasteiger partial charge in [-0.05, 0) is 24.3 Å². The third-order valence-electron chi connectivity index (χ3n) is 3.10. The van der Waals surface area contributed by atoms with E-state index in [1.807, 2.05) is 0 Å². The van der Waals surface area contributed by atoms with Crippen molar-refractivity contribution >= 4 is 29.1 Å². The molecular weight excluding hydrogens is 268 g/mol. The maximum atomic E-state index is 12.1. The van der Waals surface area contributed by atoms with Gasteiger partial charge in [0.15, 0.2) is 0 Å². The second-order valence-electron chi connectivity index (χ2n) is 4.57. The van der Waals surface area contributed by atoms with Crippen molar-refractivity contribution in [3.05, 3.63) is 29.3 Å². The zero-order valence-electron chi connectivity index (χ0n) is 10.5. The molecule has 0 radical (unpaired) electrons. The third kappa shape index (κ3) is 3.24. The van der Waals surface area contributed by atoms with Gasteiger partial charge in [-0.1, -0.05) is 11.6 Å². The highest BCUT2D eigenvalue weighted by atomic mass is 35.5. The molecule has 102 valence electrons. The van der Waals surface area contributed by atoms with Crippen LogP contribution in [0.5, 0.6) is 0 Å². The highest BCUT2D eigenvalue weighted by Crippen LogP contribution is 2.20. The number of benzene rings is 1. The molecule has 1 aliphatic rings. The van der Waals surface area contributed by atoms with Crippen LogP contribution in [-0.4, -0.2) is 40.5 Å². The minimum Gasteiger partial charge on any atom is -0.391 e. The Morgan fingerprint density at radius 2 is 2.00 bits per heavy atom. The van der Waals surface area contributed by atoms with E-state index in [1.165, 1.54) is 11.8 Å². The van der Waals surface area contributed by atoms with Gasteiger partial charge >= 0.3 is 0 Å². The number of amides is 2. The number of nitrogens with one attached hydrogen (secondary N) is 1. The number of β-amino-alcohol motifs (C(OH)–C–C–N with tert-alkyl or cyclic N) is 1. The van der Waals surface area contributed by atoms with E-state index in [0.717, 1.165) is 0 Å². The van der Waals surface area contributed by atoms with Crippen molar-refractivity contribution in [3.8, 4) is 0 Å². The van der Waals surface area contributed by atoms with Crippen LogP contribution in [0.1, 0.15) is 13.3 Å². The van der Waals surface area contributed by atoms with Crippen LogP contribution in [0.3, 0.4) is 0 Å². The molecule has 2 rings (SSSR count). The normalized spacial score (nSPS) is 22.4. The van der Waals surface area contributed by atoms with Crippen molar-refractivity contribution in [2.75, 3.05) is 11.9 Å². The number of hydrogen-bond acceptors (Lipinski definition) is 3. The SMILES string of the molecule is CC(=O)N1C[C@H](O)C[C@@H]1C(=O)Nc1ccc(Cl)cc1. The molecular formula is C13H15ClN2O3. The van der Waals surface area contributed by atoms with Crippen LogP contribution in [0.15, 0.2) is 24.3 Å². The van der Waals surface area contributed by atoms with Gasteiger partial charge in [0.25, 0.3) is 0 Å². The Morgan fingerprint density at radius 3 is 2.58 bits per heavy atom. The van der Waals surface area contributed by atoms with Gasteiger partial charge in [-0.2, -0.15) is 0 Å². The van der Waals surface area contributed by atoms with Gasteiger partial charge in [0.05, 0.1) is 6.10 Å². The molecule has 0 bridgehead atoms. The summed E-state index contributed by atoms with van der Waals surface area (Å²) in [6.07, 6.45) is -0.385. The van der Waals surface area contributed by atoms with Crippen LogP contribution in [0.4, 0.5) is 5.69 Å². The summed E-state index contributed by atoms with van der Waals surface area (Å²) in [5.74, 6) is -0.512. The second-order valence-corrected chi connectivity index (χ2v) is 5.01. The number of carbonyl (C=O) groups excluding carboxylic acids is 2. The summed E-state index contributed by atoms with van der Waals surface area (Å²) in [6, 6.07) is 6.09. The first-order chi connectivity index (χ1) is 8.97. The summed E-state index contributed by atoms with van der Waals surface area (Å²) in [5, 5.41) is 12.9. The maximum absolute atomic E-state index is 12.1. The standard InChI is InChI=1S/C13H15ClN2O3/c1-8(17)16-7-11(18)6-12(16)13(19)15-10-4-2-9(14)3-5-10/h2-5,11-12,18H,6-7H2,1H3,(H,15,19)/t11-,12-/m1/s1. The lowest BCUT2D eigenvalue weighted by Gasteiger charge is -2.22. The van der Waals surface area contributed by atoms with E-state index in [2.05, 4.69) is 5.32 Å². The fourth-order valence-electron chi connectivity index (χ4n) is 2.17. The van der Waals surface area contributed by atoms with E-state index in [9.17, 15) is 14.7 Å². The Morgan fingerprint density at radius 1 is 1.37 bits per heavy atom. The lowest BCUT2D eigenvalue weighted by molar-refractivity contribution is -0.134. The molecule has 0 spiro atoms. The fraction of sp³-hybridized carbons (Fsp3) is 0.385. The molecule has 1 saturated heterocycles. The van der Waals surface area contributed by atoms with Crippen LogP contribution in [0, 0.1) is 0 Å². The number of aliphatic hydroxyl groups excluding tert-OH is 1. The van der Waals surface area contributed by atoms with Crippen LogP contribution >= 0.6 is 11.6 Å². The fourth-order valence-corrected chi connectivity index (χ4v) is 2.30. The molecule has 1 aromatic rings. The van der Waals surface area contributed by atoms with Gasteiger partial charge < -0.3 is 15.3 Å². The summed E-state index contributed by atoms with van der Waals surface area (Å²) in [5.41, 5.74) is 0.610. The summed E-state index contributed by atoms with van der Waals surface area (Å²) in [4.78, 5) is 24.9. The Kier molecular flexibility index (Phi) is 4.07. The lowest BCUT2D eigenvalue weighted by atomic mass is 10.2. The molecule has 19 heavy (non-hydrogen) atoms. The highest BCUT2D eigenvalue weighted by Gasteiger charge is 2.37. The minimum absolute atomic E-state index is 0.202. The number of likely N-dealkylation sites (tertiary alicyclic amines) is 1. The average molecular weight is 283 g/mol. The monoisotopic (exact) mass is 282 g/mol. The Labute approximate surface area is 116 Å². The van der Waals surface area contributed by atoms with Crippen molar-refractivity contribution in [2.45, 2.75) is 25.5 Å². The van der Waals surface area contributed by atoms with Crippen molar-refractivity contribution in [1.82, 2.24) is 4.90 Å². The lowest BCUT2D eigenvalue weighted by Crippen LogP contribution is -2.42. The quantitative estimate of drug-likeness (QED) is 0.858. The molecule has 1 heterocycles. The first kappa shape index (κ1) is 13.8. The smallest absolute Gasteiger partial charge is 0.247 e. The molecule has 2 N–H and O–H groups in total. The molecule has 2 amide bonds. The van der Waals surface area contributed by atoms with Crippen molar-refractivity contribution in [2.24, 2.45) is 0 Å². The van der Waals surface area contributed by atoms with Crippen LogP contribution in [0.2, 0.25) is 5.02 Å². The molecule has 0 aliphatic carbocycles. The number of halogens is 1. The van der Waals surface area contributed by atoms with Crippen LogP contribution in [-0.2, 0) is 9.59 Å². The Balaban J connectivity index is 2.06. The van der Waals surface area contributed by atoms with Gasteiger partial charge in [0.2, 0.25) is 11.8 Å². The molecule has 0 unspecified atom stereocenters. The van der Waals surface area contributed by atoms with E-state index >= 15 is 0 Å². The second kappa shape index (κ2) is 5.59. The summed E-state index contributed by atoms with van der Waals surface area (Å²) < 4.78 is 0. The number of anilines is 1. The molecule has 5 nitrogen and oxygen atoms in total. The third-order valence-corrected chi connectivity index (χ3v) is 3.35. The molecule has 0 aromatic heterocycles. The van der Waals surface area contributed by atoms with Crippen LogP contribution in [0.25, 0.3) is 0 Å². The number of rotatable bonds is 2. The van der Waals surface area contributed by atoms with Gasteiger partial charge in [-0.15, -0.1) is 0 Å². The predicted octanol–water partition coefficient (Wildman–Crippen LogP) is 1.26. The van der Waals surface area contributed by atoms with Gasteiger partial charge in [0.1, 0.15) is 6.04 Å². The number of aliphatic hydroxyl groups is 1. The van der Waals surface area contributed by atoms with Crippen molar-refractivity contribution in [3.63, 3.8) is 0 Å². The average Bonchev–Trinajstić information content (AvgIpc) is 2.74. The molecule has 1 fully saturated rings. The van der Waals surface area contributed by atoms with E-state index in [1.54, 1.807) is 24.3 Å². The molecule has 1 aliphatic heterocycles. The number of nitrogens with zero attached hydrogens (tertiary/aromatic N) is 1. The Bertz CT molecular complexity index is 489. The molecule has 1 aromatic carbocycles. The van der Waals surface area contributed by atoms with Crippen molar-refractivity contribution in [1.29, 1.82) is 0 Å². The summed E-state index contributed by atoms with van der Waals surface area (Å²) in [7, 11) is 0. The van der Waals surface area contributed by atoms with Crippen molar-refractivity contribution < 1.29 is 14.7 Å². The van der Waals surface area contributed by atoms with E-state index in [4.69, 9.17) is 11.6 Å². The first-order valence-corrected chi connectivity index (χ1v) is 6.37. The largest absolute Gasteiger partial charge is 0.391 e. The van der Waals surface area contributed by atoms with Crippen LogP contribution < -0.4 is 5.32 Å². The zero-order chi connectivity index (χ0) is 14.0. The predicted molar refractivity (Wildman–Crippen MR) is 71.9 cm³/mol. The number of hydrogen-bond donors (Lipinski definition) is 2. The molecule has 6 heteroatoms. The first-order valence-electron chi connectivity index (χ1n) is 5.99. The maximum Gasteiger partial charge on any atom is 0.247 e. The van der Waals surface area contributed by atoms with E-state index in [-0.39, 0.29) is 24.8 Å². The summed E-state index contributed by atoms with van der Waals surface area (Å²) in [6.45, 7) is 1.59. The number of carbonyl (C=O) groups is 2. The molecule has 2 atom stereocenters. The topological polar surface area (TPSA) is 69.6 Å². The van der Waals surface area contributed by atoms with Gasteiger partial charge in [-0.3, -0.25) is 9.59 Å². The summed E-state index contributed by atoms with van der Waals surface area (Å²) >= 11 is 5.76. The van der Waals surface area contributed by atoms with E-state index < -0.39 is 12.1 Å².